The van der Waals surface area contributed by atoms with E-state index in [0.29, 0.717) is 38.0 Å². The number of hydrogen-bond acceptors (Lipinski definition) is 6. The van der Waals surface area contributed by atoms with E-state index in [0.717, 1.165) is 11.8 Å². The predicted molar refractivity (Wildman–Crippen MR) is 116 cm³/mol. The molecular formula is C19H17Cl2N5O3S. The van der Waals surface area contributed by atoms with Gasteiger partial charge in [-0.3, -0.25) is 14.7 Å². The Labute approximate surface area is 186 Å². The number of halogens is 2. The Kier molecular flexibility index (Phi) is 6.86. The maximum Gasteiger partial charge on any atom is 0.318 e. The van der Waals surface area contributed by atoms with Crippen LogP contribution in [-0.4, -0.2) is 39.1 Å². The average molecular weight is 466 g/mol. The topological polar surface area (TPSA) is 112 Å². The Morgan fingerprint density at radius 2 is 1.90 bits per heavy atom. The lowest BCUT2D eigenvalue weighted by atomic mass is 10.2. The number of nitrogens with one attached hydrogen (secondary N) is 1. The Bertz CT molecular complexity index is 1110. The van der Waals surface area contributed by atoms with Crippen molar-refractivity contribution in [2.75, 3.05) is 7.11 Å². The Morgan fingerprint density at radius 3 is 2.57 bits per heavy atom. The van der Waals surface area contributed by atoms with Crippen molar-refractivity contribution in [1.29, 1.82) is 0 Å². The number of hydrogen-bond donors (Lipinski definition) is 2. The van der Waals surface area contributed by atoms with E-state index in [9.17, 15) is 9.59 Å². The molecule has 1 heterocycles. The highest BCUT2D eigenvalue weighted by Gasteiger charge is 2.24. The van der Waals surface area contributed by atoms with Gasteiger partial charge in [0.25, 0.3) is 0 Å². The molecule has 0 aliphatic heterocycles. The Morgan fingerprint density at radius 1 is 1.17 bits per heavy atom. The summed E-state index contributed by atoms with van der Waals surface area (Å²) >= 11 is 13.5. The number of imide groups is 1. The number of carbonyl (C=O) groups excluding carboxylic acids is 2. The second kappa shape index (κ2) is 9.38. The zero-order valence-corrected chi connectivity index (χ0v) is 18.3. The van der Waals surface area contributed by atoms with Crippen LogP contribution in [0.1, 0.15) is 6.92 Å². The third-order valence-corrected chi connectivity index (χ3v) is 5.51. The highest BCUT2D eigenvalue weighted by Crippen LogP contribution is 2.35. The number of urea groups is 1. The van der Waals surface area contributed by atoms with Crippen LogP contribution in [0.25, 0.3) is 17.1 Å². The van der Waals surface area contributed by atoms with Gasteiger partial charge >= 0.3 is 6.03 Å². The molecule has 30 heavy (non-hydrogen) atoms. The van der Waals surface area contributed by atoms with E-state index in [2.05, 4.69) is 15.5 Å². The zero-order chi connectivity index (χ0) is 21.8. The lowest BCUT2D eigenvalue weighted by Crippen LogP contribution is -2.39. The average Bonchev–Trinajstić information content (AvgIpc) is 3.10. The van der Waals surface area contributed by atoms with Gasteiger partial charge in [0.1, 0.15) is 5.75 Å². The van der Waals surface area contributed by atoms with E-state index in [1.807, 2.05) is 6.07 Å². The number of benzene rings is 2. The van der Waals surface area contributed by atoms with E-state index in [4.69, 9.17) is 33.7 Å². The summed E-state index contributed by atoms with van der Waals surface area (Å²) in [5, 5.41) is 11.3. The summed E-state index contributed by atoms with van der Waals surface area (Å²) in [5.74, 6) is 0.450. The summed E-state index contributed by atoms with van der Waals surface area (Å²) in [5.41, 5.74) is 6.32. The van der Waals surface area contributed by atoms with Gasteiger partial charge in [-0.25, -0.2) is 4.79 Å². The van der Waals surface area contributed by atoms with Gasteiger partial charge in [0.05, 0.1) is 18.0 Å². The van der Waals surface area contributed by atoms with Gasteiger partial charge in [-0.2, -0.15) is 0 Å². The van der Waals surface area contributed by atoms with Crippen molar-refractivity contribution in [3.05, 3.63) is 52.5 Å². The van der Waals surface area contributed by atoms with Crippen LogP contribution in [0, 0.1) is 0 Å². The van der Waals surface area contributed by atoms with E-state index >= 15 is 0 Å². The molecule has 0 aliphatic rings. The smallest absolute Gasteiger partial charge is 0.318 e. The van der Waals surface area contributed by atoms with Crippen LogP contribution in [-0.2, 0) is 4.79 Å². The first-order valence-electron chi connectivity index (χ1n) is 8.62. The fourth-order valence-electron chi connectivity index (χ4n) is 2.65. The number of nitrogens with zero attached hydrogens (tertiary/aromatic N) is 3. The molecule has 3 amide bonds. The number of thioether (sulfide) groups is 1. The molecular weight excluding hydrogens is 449 g/mol. The summed E-state index contributed by atoms with van der Waals surface area (Å²) in [6.45, 7) is 1.62. The van der Waals surface area contributed by atoms with Crippen molar-refractivity contribution in [2.45, 2.75) is 17.3 Å². The van der Waals surface area contributed by atoms with Crippen LogP contribution < -0.4 is 15.8 Å². The number of amides is 3. The number of aromatic nitrogens is 3. The van der Waals surface area contributed by atoms with Crippen molar-refractivity contribution < 1.29 is 14.3 Å². The molecule has 3 rings (SSSR count). The van der Waals surface area contributed by atoms with Crippen molar-refractivity contribution in [3.63, 3.8) is 0 Å². The lowest BCUT2D eigenvalue weighted by Gasteiger charge is -2.16. The molecule has 0 radical (unpaired) electrons. The Balaban J connectivity index is 2.14. The minimum Gasteiger partial charge on any atom is -0.495 e. The molecule has 0 saturated heterocycles. The maximum atomic E-state index is 12.2. The molecule has 3 N–H and O–H groups in total. The molecule has 1 atom stereocenters. The second-order valence-electron chi connectivity index (χ2n) is 6.08. The predicted octanol–water partition coefficient (Wildman–Crippen LogP) is 3.93. The molecule has 0 spiro atoms. The fraction of sp³-hybridized carbons (Fsp3) is 0.158. The summed E-state index contributed by atoms with van der Waals surface area (Å²) < 4.78 is 7.21. The second-order valence-corrected chi connectivity index (χ2v) is 8.26. The Hall–Kier alpha value is -2.75. The van der Waals surface area contributed by atoms with Crippen molar-refractivity contribution in [1.82, 2.24) is 20.1 Å². The van der Waals surface area contributed by atoms with Gasteiger partial charge < -0.3 is 10.5 Å². The first-order chi connectivity index (χ1) is 14.3. The van der Waals surface area contributed by atoms with Crippen LogP contribution in [0.4, 0.5) is 4.79 Å². The van der Waals surface area contributed by atoms with Crippen LogP contribution >= 0.6 is 35.0 Å². The third-order valence-electron chi connectivity index (χ3n) is 4.00. The van der Waals surface area contributed by atoms with Gasteiger partial charge in [0.15, 0.2) is 11.0 Å². The van der Waals surface area contributed by atoms with E-state index < -0.39 is 17.2 Å². The molecule has 3 aromatic rings. The molecule has 1 unspecified atom stereocenters. The number of ether oxygens (including phenoxy) is 1. The quantitative estimate of drug-likeness (QED) is 0.533. The van der Waals surface area contributed by atoms with E-state index in [1.54, 1.807) is 47.9 Å². The molecule has 11 heteroatoms. The molecule has 1 aromatic heterocycles. The number of rotatable bonds is 6. The minimum atomic E-state index is -0.926. The van der Waals surface area contributed by atoms with Crippen molar-refractivity contribution in [3.8, 4) is 22.8 Å². The van der Waals surface area contributed by atoms with E-state index in [1.165, 1.54) is 7.11 Å². The molecule has 0 aliphatic carbocycles. The normalized spacial score (nSPS) is 11.7. The lowest BCUT2D eigenvalue weighted by molar-refractivity contribution is -0.119. The summed E-state index contributed by atoms with van der Waals surface area (Å²) in [6.07, 6.45) is 0. The summed E-state index contributed by atoms with van der Waals surface area (Å²) in [6, 6.07) is 11.3. The summed E-state index contributed by atoms with van der Waals surface area (Å²) in [4.78, 5) is 23.2. The monoisotopic (exact) mass is 465 g/mol. The molecule has 0 saturated carbocycles. The van der Waals surface area contributed by atoms with Gasteiger partial charge in [-0.05, 0) is 37.3 Å². The first-order valence-corrected chi connectivity index (χ1v) is 10.3. The van der Waals surface area contributed by atoms with Crippen molar-refractivity contribution in [2.24, 2.45) is 5.73 Å². The van der Waals surface area contributed by atoms with Crippen molar-refractivity contribution >= 4 is 46.9 Å². The molecule has 0 fully saturated rings. The van der Waals surface area contributed by atoms with Gasteiger partial charge in [-0.15, -0.1) is 10.2 Å². The van der Waals surface area contributed by atoms with E-state index in [-0.39, 0.29) is 0 Å². The zero-order valence-electron chi connectivity index (χ0n) is 15.9. The highest BCUT2D eigenvalue weighted by molar-refractivity contribution is 8.00. The number of primary amides is 1. The van der Waals surface area contributed by atoms with Crippen LogP contribution in [0.15, 0.2) is 47.6 Å². The SMILES string of the molecule is COc1ccc(Cl)cc1-n1c(SC(C)C(=O)NC(N)=O)nnc1-c1cccc(Cl)c1. The fourth-order valence-corrected chi connectivity index (χ4v) is 3.87. The number of methoxy groups -OCH3 is 1. The van der Waals surface area contributed by atoms with Gasteiger partial charge in [0.2, 0.25) is 5.91 Å². The standard InChI is InChI=1S/C19H17Cl2N5O3S/c1-10(17(27)23-18(22)28)30-19-25-24-16(11-4-3-5-12(20)8-11)26(19)14-9-13(21)6-7-15(14)29-2/h3-10H,1-2H3,(H3,22,23,27,28). The molecule has 2 aromatic carbocycles. The molecule has 0 bridgehead atoms. The van der Waals surface area contributed by atoms with Gasteiger partial charge in [0, 0.05) is 15.6 Å². The molecule has 156 valence electrons. The number of carbonyl (C=O) groups is 2. The van der Waals surface area contributed by atoms with Crippen LogP contribution in [0.2, 0.25) is 10.0 Å². The maximum absolute atomic E-state index is 12.2. The van der Waals surface area contributed by atoms with Crippen LogP contribution in [0.5, 0.6) is 5.75 Å². The first kappa shape index (κ1) is 21.9. The molecule has 8 nitrogen and oxygen atoms in total. The van der Waals surface area contributed by atoms with Crippen LogP contribution in [0.3, 0.4) is 0 Å². The number of nitrogens with two attached hydrogens (primary N) is 1. The summed E-state index contributed by atoms with van der Waals surface area (Å²) in [7, 11) is 1.53. The largest absolute Gasteiger partial charge is 0.495 e. The highest BCUT2D eigenvalue weighted by atomic mass is 35.5. The van der Waals surface area contributed by atoms with Gasteiger partial charge in [-0.1, -0.05) is 47.1 Å². The third kappa shape index (κ3) is 4.86. The minimum absolute atomic E-state index is 0.387.